The van der Waals surface area contributed by atoms with E-state index in [2.05, 4.69) is 35.7 Å². The van der Waals surface area contributed by atoms with Gasteiger partial charge in [0.2, 0.25) is 0 Å². The van der Waals surface area contributed by atoms with Crippen LogP contribution >= 0.6 is 11.8 Å². The Labute approximate surface area is 131 Å². The van der Waals surface area contributed by atoms with Crippen molar-refractivity contribution in [1.82, 2.24) is 10.6 Å². The van der Waals surface area contributed by atoms with Crippen LogP contribution < -0.4 is 10.6 Å². The molecule has 1 aromatic rings. The molecule has 1 rings (SSSR count). The summed E-state index contributed by atoms with van der Waals surface area (Å²) in [5, 5.41) is 6.58. The quantitative estimate of drug-likeness (QED) is 0.625. The summed E-state index contributed by atoms with van der Waals surface area (Å²) in [4.78, 5) is 4.55. The van der Waals surface area contributed by atoms with Crippen LogP contribution in [-0.2, 0) is 6.54 Å². The van der Waals surface area contributed by atoms with Crippen LogP contribution in [0.4, 0.5) is 4.39 Å². The summed E-state index contributed by atoms with van der Waals surface area (Å²) in [5.74, 6) is 0.621. The Morgan fingerprint density at radius 3 is 2.62 bits per heavy atom. The van der Waals surface area contributed by atoms with E-state index in [-0.39, 0.29) is 10.6 Å². The van der Waals surface area contributed by atoms with E-state index in [1.807, 2.05) is 24.8 Å². The van der Waals surface area contributed by atoms with Gasteiger partial charge in [0.15, 0.2) is 5.96 Å². The van der Waals surface area contributed by atoms with Gasteiger partial charge in [0, 0.05) is 17.8 Å². The van der Waals surface area contributed by atoms with Gasteiger partial charge in [-0.15, -0.1) is 0 Å². The van der Waals surface area contributed by atoms with E-state index in [9.17, 15) is 4.39 Å². The van der Waals surface area contributed by atoms with Crippen LogP contribution in [0.2, 0.25) is 0 Å². The predicted octanol–water partition coefficient (Wildman–Crippen LogP) is 3.33. The minimum Gasteiger partial charge on any atom is -0.357 e. The van der Waals surface area contributed by atoms with Crippen molar-refractivity contribution in [2.45, 2.75) is 39.0 Å². The van der Waals surface area contributed by atoms with E-state index in [1.54, 1.807) is 13.0 Å². The van der Waals surface area contributed by atoms with Crippen LogP contribution in [-0.4, -0.2) is 30.1 Å². The summed E-state index contributed by atoms with van der Waals surface area (Å²) in [6, 6.07) is 5.12. The Kier molecular flexibility index (Phi) is 7.02. The van der Waals surface area contributed by atoms with E-state index < -0.39 is 0 Å². The molecule has 0 atom stereocenters. The normalized spacial score (nSPS) is 12.4. The van der Waals surface area contributed by atoms with Gasteiger partial charge in [-0.05, 0) is 51.1 Å². The number of thioether (sulfide) groups is 1. The van der Waals surface area contributed by atoms with Crippen molar-refractivity contribution in [3.05, 3.63) is 35.1 Å². The number of aliphatic imine (C=N–C) groups is 1. The van der Waals surface area contributed by atoms with Gasteiger partial charge < -0.3 is 10.6 Å². The number of nitrogens with one attached hydrogen (secondary N) is 2. The van der Waals surface area contributed by atoms with Gasteiger partial charge in [-0.25, -0.2) is 9.38 Å². The molecule has 0 saturated heterocycles. The lowest BCUT2D eigenvalue weighted by atomic mass is 10.1. The first kappa shape index (κ1) is 17.8. The molecular formula is C16H26FN3S. The number of aryl methyl sites for hydroxylation is 1. The molecule has 0 amide bonds. The molecular weight excluding hydrogens is 285 g/mol. The maximum Gasteiger partial charge on any atom is 0.191 e. The Morgan fingerprint density at radius 2 is 2.05 bits per heavy atom. The van der Waals surface area contributed by atoms with Gasteiger partial charge >= 0.3 is 0 Å². The lowest BCUT2D eigenvalue weighted by Crippen LogP contribution is -2.43. The maximum atomic E-state index is 13.2. The van der Waals surface area contributed by atoms with Crippen molar-refractivity contribution in [2.75, 3.05) is 19.3 Å². The molecule has 21 heavy (non-hydrogen) atoms. The number of benzene rings is 1. The molecule has 0 aliphatic heterocycles. The number of guanidine groups is 1. The third kappa shape index (κ3) is 6.38. The second kappa shape index (κ2) is 8.27. The van der Waals surface area contributed by atoms with Crippen molar-refractivity contribution in [2.24, 2.45) is 4.99 Å². The van der Waals surface area contributed by atoms with E-state index in [0.29, 0.717) is 12.1 Å². The van der Waals surface area contributed by atoms with E-state index in [0.717, 1.165) is 24.6 Å². The Hall–Kier alpha value is -1.23. The summed E-state index contributed by atoms with van der Waals surface area (Å²) in [5.41, 5.74) is 1.67. The zero-order valence-corrected chi connectivity index (χ0v) is 14.4. The van der Waals surface area contributed by atoms with Crippen molar-refractivity contribution in [1.29, 1.82) is 0 Å². The Balaban J connectivity index is 2.68. The van der Waals surface area contributed by atoms with Gasteiger partial charge in [-0.1, -0.05) is 12.1 Å². The molecule has 5 heteroatoms. The van der Waals surface area contributed by atoms with E-state index in [4.69, 9.17) is 0 Å². The molecule has 0 aliphatic rings. The molecule has 1 aromatic carbocycles. The zero-order chi connectivity index (χ0) is 15.9. The first-order valence-electron chi connectivity index (χ1n) is 7.20. The maximum absolute atomic E-state index is 13.2. The predicted molar refractivity (Wildman–Crippen MR) is 91.5 cm³/mol. The van der Waals surface area contributed by atoms with Crippen molar-refractivity contribution < 1.29 is 4.39 Å². The zero-order valence-electron chi connectivity index (χ0n) is 13.6. The number of halogens is 1. The molecule has 0 aromatic heterocycles. The van der Waals surface area contributed by atoms with Gasteiger partial charge in [0.1, 0.15) is 5.82 Å². The Bertz CT molecular complexity index is 486. The molecule has 3 nitrogen and oxygen atoms in total. The first-order chi connectivity index (χ1) is 9.88. The van der Waals surface area contributed by atoms with Crippen molar-refractivity contribution >= 4 is 17.7 Å². The van der Waals surface area contributed by atoms with Crippen LogP contribution in [0, 0.1) is 12.7 Å². The van der Waals surface area contributed by atoms with Crippen LogP contribution in [0.15, 0.2) is 23.2 Å². The molecule has 2 N–H and O–H groups in total. The number of hydrogen-bond donors (Lipinski definition) is 2. The molecule has 0 fully saturated rings. The summed E-state index contributed by atoms with van der Waals surface area (Å²) >= 11 is 1.82. The highest BCUT2D eigenvalue weighted by Gasteiger charge is 2.16. The van der Waals surface area contributed by atoms with Crippen molar-refractivity contribution in [3.63, 3.8) is 0 Å². The molecule has 0 heterocycles. The van der Waals surface area contributed by atoms with Crippen LogP contribution in [0.25, 0.3) is 0 Å². The highest BCUT2D eigenvalue weighted by Crippen LogP contribution is 2.19. The lowest BCUT2D eigenvalue weighted by Gasteiger charge is -2.23. The third-order valence-corrected chi connectivity index (χ3v) is 4.47. The standard InChI is InChI=1S/C16H26FN3S/c1-6-18-15(20-11-16(3,4)21-5)19-10-13-7-8-14(17)12(2)9-13/h7-9H,6,10-11H2,1-5H3,(H2,18,19,20). The second-order valence-corrected chi connectivity index (χ2v) is 7.11. The highest BCUT2D eigenvalue weighted by molar-refractivity contribution is 7.99. The average molecular weight is 311 g/mol. The summed E-state index contributed by atoms with van der Waals surface area (Å²) in [6.07, 6.45) is 2.10. The summed E-state index contributed by atoms with van der Waals surface area (Å²) < 4.78 is 13.4. The first-order valence-corrected chi connectivity index (χ1v) is 8.43. The fourth-order valence-corrected chi connectivity index (χ4v) is 1.90. The highest BCUT2D eigenvalue weighted by atomic mass is 32.2. The van der Waals surface area contributed by atoms with Gasteiger partial charge in [0.25, 0.3) is 0 Å². The fourth-order valence-electron chi connectivity index (χ4n) is 1.69. The van der Waals surface area contributed by atoms with Gasteiger partial charge in [-0.3, -0.25) is 0 Å². The van der Waals surface area contributed by atoms with Crippen LogP contribution in [0.3, 0.4) is 0 Å². The molecule has 118 valence electrons. The van der Waals surface area contributed by atoms with Crippen LogP contribution in [0.1, 0.15) is 31.9 Å². The summed E-state index contributed by atoms with van der Waals surface area (Å²) in [6.45, 7) is 10.4. The second-order valence-electron chi connectivity index (χ2n) is 5.60. The van der Waals surface area contributed by atoms with Gasteiger partial charge in [-0.2, -0.15) is 11.8 Å². The minimum absolute atomic E-state index is 0.155. The molecule has 0 radical (unpaired) electrons. The summed E-state index contributed by atoms with van der Waals surface area (Å²) in [7, 11) is 0. The third-order valence-electron chi connectivity index (χ3n) is 3.22. The SMILES string of the molecule is CCNC(=NCc1ccc(F)c(C)c1)NCC(C)(C)SC. The molecule has 0 aliphatic carbocycles. The van der Waals surface area contributed by atoms with Crippen molar-refractivity contribution in [3.8, 4) is 0 Å². The monoisotopic (exact) mass is 311 g/mol. The number of hydrogen-bond acceptors (Lipinski definition) is 2. The topological polar surface area (TPSA) is 36.4 Å². The molecule has 0 spiro atoms. The number of rotatable bonds is 6. The molecule has 0 unspecified atom stereocenters. The minimum atomic E-state index is -0.172. The van der Waals surface area contributed by atoms with E-state index >= 15 is 0 Å². The Morgan fingerprint density at radius 1 is 1.33 bits per heavy atom. The molecule has 0 bridgehead atoms. The van der Waals surface area contributed by atoms with E-state index in [1.165, 1.54) is 6.07 Å². The lowest BCUT2D eigenvalue weighted by molar-refractivity contribution is 0.617. The smallest absolute Gasteiger partial charge is 0.191 e. The average Bonchev–Trinajstić information content (AvgIpc) is 2.45. The number of nitrogens with zero attached hydrogens (tertiary/aromatic N) is 1. The molecule has 0 saturated carbocycles. The van der Waals surface area contributed by atoms with Crippen LogP contribution in [0.5, 0.6) is 0 Å². The largest absolute Gasteiger partial charge is 0.357 e. The fraction of sp³-hybridized carbons (Fsp3) is 0.562. The van der Waals surface area contributed by atoms with Gasteiger partial charge in [0.05, 0.1) is 6.54 Å².